The summed E-state index contributed by atoms with van der Waals surface area (Å²) in [7, 11) is 0. The fourth-order valence-corrected chi connectivity index (χ4v) is 2.49. The lowest BCUT2D eigenvalue weighted by molar-refractivity contribution is 0.379. The summed E-state index contributed by atoms with van der Waals surface area (Å²) in [5.41, 5.74) is 3.81. The highest BCUT2D eigenvalue weighted by Gasteiger charge is 2.30. The van der Waals surface area contributed by atoms with Crippen LogP contribution in [0.25, 0.3) is 0 Å². The van der Waals surface area contributed by atoms with E-state index in [9.17, 15) is 0 Å². The van der Waals surface area contributed by atoms with Crippen LogP contribution in [0.2, 0.25) is 0 Å². The van der Waals surface area contributed by atoms with Gasteiger partial charge in [0.2, 0.25) is 0 Å². The largest absolute Gasteiger partial charge is 0.383 e. The maximum atomic E-state index is 5.06. The molecule has 2 nitrogen and oxygen atoms in total. The molecule has 0 fully saturated rings. The minimum Gasteiger partial charge on any atom is -0.383 e. The number of nitrogens with zero attached hydrogens (tertiary/aromatic N) is 1. The second-order valence-corrected chi connectivity index (χ2v) is 10.5. The zero-order valence-electron chi connectivity index (χ0n) is 17.4. The first-order valence-electron chi connectivity index (χ1n) is 8.45. The van der Waals surface area contributed by atoms with Crippen LogP contribution in [0.4, 0.5) is 0 Å². The Balaban J connectivity index is 6.33. The van der Waals surface area contributed by atoms with Gasteiger partial charge in [-0.2, -0.15) is 0 Å². The van der Waals surface area contributed by atoms with Gasteiger partial charge in [-0.3, -0.25) is 4.99 Å². The van der Waals surface area contributed by atoms with Crippen LogP contribution in [-0.4, -0.2) is 16.8 Å². The number of hydrogen-bond donors (Lipinski definition) is 1. The monoisotopic (exact) mass is 308 g/mol. The number of rotatable bonds is 2. The molecule has 0 heterocycles. The van der Waals surface area contributed by atoms with Crippen molar-refractivity contribution in [2.24, 2.45) is 15.8 Å². The fourth-order valence-electron chi connectivity index (χ4n) is 2.49. The molecule has 0 amide bonds. The number of allylic oxidation sites excluding steroid dienone is 2. The van der Waals surface area contributed by atoms with E-state index in [0.717, 1.165) is 0 Å². The van der Waals surface area contributed by atoms with Crippen LogP contribution in [0.3, 0.4) is 0 Å². The van der Waals surface area contributed by atoms with Crippen molar-refractivity contribution >= 4 is 5.71 Å². The first-order chi connectivity index (χ1) is 9.34. The summed E-state index contributed by atoms with van der Waals surface area (Å²) in [4.78, 5) is 5.06. The molecule has 0 bridgehead atoms. The van der Waals surface area contributed by atoms with Crippen molar-refractivity contribution in [3.63, 3.8) is 0 Å². The van der Waals surface area contributed by atoms with Crippen molar-refractivity contribution in [3.8, 4) is 0 Å². The Morgan fingerprint density at radius 2 is 1.09 bits per heavy atom. The standard InChI is InChI=1S/C20H40N2/c1-14(15(17(2,3)4)21-19(8,9)10)16(18(5,6)7)22-20(11,12)13/h21H,1-13H3. The SMILES string of the molecule is CC(C(=NC(C)(C)C)C(C)(C)C)=C(NC(C)(C)C)C(C)(C)C. The van der Waals surface area contributed by atoms with E-state index in [4.69, 9.17) is 4.99 Å². The van der Waals surface area contributed by atoms with Crippen LogP contribution < -0.4 is 5.32 Å². The molecular formula is C20H40N2. The zero-order valence-corrected chi connectivity index (χ0v) is 17.4. The van der Waals surface area contributed by atoms with Crippen LogP contribution >= 0.6 is 0 Å². The molecule has 0 rings (SSSR count). The molecule has 130 valence electrons. The Bertz CT molecular complexity index is 438. The first kappa shape index (κ1) is 21.2. The molecule has 0 aliphatic rings. The van der Waals surface area contributed by atoms with Crippen LogP contribution in [0.15, 0.2) is 16.3 Å². The highest BCUT2D eigenvalue weighted by Crippen LogP contribution is 2.33. The van der Waals surface area contributed by atoms with Gasteiger partial charge in [-0.15, -0.1) is 0 Å². The van der Waals surface area contributed by atoms with E-state index in [-0.39, 0.29) is 21.9 Å². The van der Waals surface area contributed by atoms with Gasteiger partial charge in [-0.05, 0) is 54.0 Å². The third kappa shape index (κ3) is 7.47. The smallest absolute Gasteiger partial charge is 0.0527 e. The maximum absolute atomic E-state index is 5.06. The lowest BCUT2D eigenvalue weighted by Crippen LogP contribution is -2.41. The molecule has 0 unspecified atom stereocenters. The van der Waals surface area contributed by atoms with E-state index < -0.39 is 0 Å². The summed E-state index contributed by atoms with van der Waals surface area (Å²) < 4.78 is 0. The van der Waals surface area contributed by atoms with Crippen molar-refractivity contribution in [2.75, 3.05) is 0 Å². The van der Waals surface area contributed by atoms with Crippen LogP contribution in [0.5, 0.6) is 0 Å². The van der Waals surface area contributed by atoms with E-state index in [1.807, 2.05) is 0 Å². The molecule has 2 heteroatoms. The van der Waals surface area contributed by atoms with Gasteiger partial charge < -0.3 is 5.32 Å². The van der Waals surface area contributed by atoms with E-state index in [2.05, 4.69) is 95.3 Å². The van der Waals surface area contributed by atoms with E-state index in [0.29, 0.717) is 0 Å². The summed E-state index contributed by atoms with van der Waals surface area (Å²) >= 11 is 0. The normalized spacial score (nSPS) is 16.5. The maximum Gasteiger partial charge on any atom is 0.0527 e. The van der Waals surface area contributed by atoms with Gasteiger partial charge in [0.15, 0.2) is 0 Å². The molecule has 0 aliphatic carbocycles. The Morgan fingerprint density at radius 1 is 0.682 bits per heavy atom. The molecular weight excluding hydrogens is 268 g/mol. The van der Waals surface area contributed by atoms with Gasteiger partial charge in [0, 0.05) is 27.8 Å². The molecule has 1 N–H and O–H groups in total. The topological polar surface area (TPSA) is 24.4 Å². The predicted octanol–water partition coefficient (Wildman–Crippen LogP) is 5.98. The Morgan fingerprint density at radius 3 is 1.32 bits per heavy atom. The molecule has 0 aromatic rings. The van der Waals surface area contributed by atoms with Crippen molar-refractivity contribution in [1.82, 2.24) is 5.32 Å². The molecule has 0 saturated carbocycles. The minimum absolute atomic E-state index is 0.0213. The quantitative estimate of drug-likeness (QED) is 0.623. The summed E-state index contributed by atoms with van der Waals surface area (Å²) in [6.07, 6.45) is 0. The molecule has 0 saturated heterocycles. The average molecular weight is 309 g/mol. The third-order valence-electron chi connectivity index (χ3n) is 3.14. The molecule has 0 radical (unpaired) electrons. The molecule has 0 aromatic heterocycles. The van der Waals surface area contributed by atoms with Gasteiger partial charge in [0.1, 0.15) is 0 Å². The predicted molar refractivity (Wildman–Crippen MR) is 102 cm³/mol. The van der Waals surface area contributed by atoms with Crippen molar-refractivity contribution < 1.29 is 0 Å². The third-order valence-corrected chi connectivity index (χ3v) is 3.14. The second kappa shape index (κ2) is 6.37. The van der Waals surface area contributed by atoms with E-state index >= 15 is 0 Å². The van der Waals surface area contributed by atoms with Crippen molar-refractivity contribution in [2.45, 2.75) is 101 Å². The Hall–Kier alpha value is -0.790. The fraction of sp³-hybridized carbons (Fsp3) is 0.850. The van der Waals surface area contributed by atoms with Crippen molar-refractivity contribution in [1.29, 1.82) is 0 Å². The summed E-state index contributed by atoms with van der Waals surface area (Å²) in [6.45, 7) is 28.9. The molecule has 0 aromatic carbocycles. The molecule has 0 spiro atoms. The van der Waals surface area contributed by atoms with Gasteiger partial charge in [0.25, 0.3) is 0 Å². The van der Waals surface area contributed by atoms with Gasteiger partial charge in [-0.25, -0.2) is 0 Å². The number of nitrogens with one attached hydrogen (secondary N) is 1. The Labute approximate surface area is 139 Å². The first-order valence-corrected chi connectivity index (χ1v) is 8.45. The molecule has 0 atom stereocenters. The summed E-state index contributed by atoms with van der Waals surface area (Å²) in [6, 6.07) is 0. The molecule has 0 aliphatic heterocycles. The van der Waals surface area contributed by atoms with Crippen LogP contribution in [-0.2, 0) is 0 Å². The Kier molecular flexibility index (Phi) is 6.14. The zero-order chi connectivity index (χ0) is 18.1. The highest BCUT2D eigenvalue weighted by molar-refractivity contribution is 6.04. The minimum atomic E-state index is -0.0748. The average Bonchev–Trinajstić information content (AvgIpc) is 2.16. The van der Waals surface area contributed by atoms with Crippen LogP contribution in [0.1, 0.15) is 90.0 Å². The summed E-state index contributed by atoms with van der Waals surface area (Å²) in [5, 5.41) is 3.73. The summed E-state index contributed by atoms with van der Waals surface area (Å²) in [5.74, 6) is 0. The lowest BCUT2D eigenvalue weighted by Gasteiger charge is -2.36. The van der Waals surface area contributed by atoms with E-state index in [1.165, 1.54) is 17.0 Å². The number of hydrogen-bond acceptors (Lipinski definition) is 2. The highest BCUT2D eigenvalue weighted by atomic mass is 15.0. The van der Waals surface area contributed by atoms with Gasteiger partial charge >= 0.3 is 0 Å². The van der Waals surface area contributed by atoms with E-state index in [1.54, 1.807) is 0 Å². The lowest BCUT2D eigenvalue weighted by atomic mass is 9.79. The van der Waals surface area contributed by atoms with Gasteiger partial charge in [-0.1, -0.05) is 41.5 Å². The van der Waals surface area contributed by atoms with Gasteiger partial charge in [0.05, 0.1) is 5.54 Å². The van der Waals surface area contributed by atoms with Crippen molar-refractivity contribution in [3.05, 3.63) is 11.3 Å². The van der Waals surface area contributed by atoms with Crippen LogP contribution in [0, 0.1) is 10.8 Å². The molecule has 22 heavy (non-hydrogen) atoms. The number of aliphatic imine (C=N–C) groups is 1. The second-order valence-electron chi connectivity index (χ2n) is 10.5.